The Morgan fingerprint density at radius 3 is 2.50 bits per heavy atom. The lowest BCUT2D eigenvalue weighted by atomic mass is 10.1. The fourth-order valence-electron chi connectivity index (χ4n) is 4.36. The van der Waals surface area contributed by atoms with Gasteiger partial charge < -0.3 is 21.1 Å². The van der Waals surface area contributed by atoms with Gasteiger partial charge in [-0.3, -0.25) is 4.90 Å². The lowest BCUT2D eigenvalue weighted by Crippen LogP contribution is -2.36. The van der Waals surface area contributed by atoms with Crippen LogP contribution in [-0.2, 0) is 17.5 Å². The first-order chi connectivity index (χ1) is 19.0. The Balaban J connectivity index is 1.42. The van der Waals surface area contributed by atoms with E-state index in [0.29, 0.717) is 66.3 Å². The van der Waals surface area contributed by atoms with E-state index in [-0.39, 0.29) is 22.2 Å². The minimum absolute atomic E-state index is 0.123. The first kappa shape index (κ1) is 27.9. The summed E-state index contributed by atoms with van der Waals surface area (Å²) in [5.74, 6) is -0.691. The largest absolute Gasteiger partial charge is 0.416 e. The zero-order valence-corrected chi connectivity index (χ0v) is 22.0. The number of alkyl halides is 3. The molecular formula is C25H21Cl2F4N7O2. The van der Waals surface area contributed by atoms with E-state index in [2.05, 4.69) is 25.6 Å². The van der Waals surface area contributed by atoms with Crippen LogP contribution in [0.5, 0.6) is 0 Å². The minimum atomic E-state index is -4.64. The molecule has 4 aromatic rings. The lowest BCUT2D eigenvalue weighted by Gasteiger charge is -2.26. The van der Waals surface area contributed by atoms with Crippen LogP contribution in [-0.4, -0.2) is 51.8 Å². The Hall–Kier alpha value is -3.65. The molecule has 40 heavy (non-hydrogen) atoms. The van der Waals surface area contributed by atoms with Crippen molar-refractivity contribution in [2.75, 3.05) is 42.7 Å². The number of benzene rings is 2. The van der Waals surface area contributed by atoms with Crippen molar-refractivity contribution in [3.05, 3.63) is 69.8 Å². The predicted octanol–water partition coefficient (Wildman–Crippen LogP) is 5.92. The molecule has 0 radical (unpaired) electrons. The van der Waals surface area contributed by atoms with E-state index in [1.165, 1.54) is 18.5 Å². The number of carbonyl (C=O) groups excluding carboxylic acids is 1. The molecule has 2 aromatic heterocycles. The zero-order valence-electron chi connectivity index (χ0n) is 20.5. The van der Waals surface area contributed by atoms with Crippen LogP contribution in [0.3, 0.4) is 0 Å². The van der Waals surface area contributed by atoms with Crippen LogP contribution in [0.1, 0.15) is 11.3 Å². The molecule has 1 aliphatic rings. The van der Waals surface area contributed by atoms with Gasteiger partial charge in [-0.15, -0.1) is 0 Å². The monoisotopic (exact) mass is 597 g/mol. The summed E-state index contributed by atoms with van der Waals surface area (Å²) in [5.41, 5.74) is 6.43. The molecule has 0 saturated carbocycles. The molecule has 2 amide bonds. The van der Waals surface area contributed by atoms with Crippen LogP contribution in [0.15, 0.2) is 42.7 Å². The smallest absolute Gasteiger partial charge is 0.382 e. The van der Waals surface area contributed by atoms with Gasteiger partial charge in [-0.05, 0) is 35.9 Å². The standard InChI is InChI=1S/C25H21Cl2F4N7O2/c26-15-3-2-14(25(29,30)31)10-18(15)36-24(39)35-17-4-1-13(9-16(17)28)20-21(27)19(11-37-5-7-40-8-6-37)38-22(20)23(32)33-12-34-38/h1-4,9-10,12H,5-8,11H2,(H2,32,33,34)(H2,35,36,39). The molecule has 1 fully saturated rings. The van der Waals surface area contributed by atoms with Gasteiger partial charge in [0.25, 0.3) is 0 Å². The van der Waals surface area contributed by atoms with E-state index < -0.39 is 23.6 Å². The molecule has 3 heterocycles. The number of nitrogens with one attached hydrogen (secondary N) is 2. The van der Waals surface area contributed by atoms with E-state index in [4.69, 9.17) is 33.7 Å². The van der Waals surface area contributed by atoms with Crippen LogP contribution in [0.4, 0.5) is 39.5 Å². The predicted molar refractivity (Wildman–Crippen MR) is 143 cm³/mol. The van der Waals surface area contributed by atoms with Crippen molar-refractivity contribution < 1.29 is 27.1 Å². The van der Waals surface area contributed by atoms with Gasteiger partial charge in [-0.1, -0.05) is 29.3 Å². The number of morpholine rings is 1. The molecule has 210 valence electrons. The van der Waals surface area contributed by atoms with E-state index in [1.54, 1.807) is 4.52 Å². The number of nitrogens with zero attached hydrogens (tertiary/aromatic N) is 4. The molecule has 1 aliphatic heterocycles. The molecule has 0 spiro atoms. The van der Waals surface area contributed by atoms with Gasteiger partial charge in [0, 0.05) is 25.2 Å². The number of halogens is 6. The van der Waals surface area contributed by atoms with Gasteiger partial charge in [0.1, 0.15) is 17.7 Å². The number of anilines is 3. The molecule has 0 bridgehead atoms. The van der Waals surface area contributed by atoms with Crippen molar-refractivity contribution in [1.29, 1.82) is 0 Å². The number of carbonyl (C=O) groups is 1. The average Bonchev–Trinajstić information content (AvgIpc) is 3.19. The summed E-state index contributed by atoms with van der Waals surface area (Å²) < 4.78 is 61.3. The number of ether oxygens (including phenoxy) is 1. The third-order valence-corrected chi connectivity index (χ3v) is 7.05. The lowest BCUT2D eigenvalue weighted by molar-refractivity contribution is -0.137. The van der Waals surface area contributed by atoms with E-state index in [0.717, 1.165) is 18.2 Å². The Morgan fingerprint density at radius 2 is 1.80 bits per heavy atom. The van der Waals surface area contributed by atoms with Gasteiger partial charge in [0.2, 0.25) is 0 Å². The quantitative estimate of drug-likeness (QED) is 0.246. The van der Waals surface area contributed by atoms with E-state index in [1.807, 2.05) is 0 Å². The highest BCUT2D eigenvalue weighted by atomic mass is 35.5. The van der Waals surface area contributed by atoms with Crippen molar-refractivity contribution in [1.82, 2.24) is 19.5 Å². The summed E-state index contributed by atoms with van der Waals surface area (Å²) in [5, 5.41) is 8.98. The SMILES string of the molecule is Nc1ncnn2c(CN3CCOCC3)c(Cl)c(-c3ccc(NC(=O)Nc4cc(C(F)(F)F)ccc4Cl)c(F)c3)c12. The number of rotatable bonds is 5. The molecule has 4 N–H and O–H groups in total. The summed E-state index contributed by atoms with van der Waals surface area (Å²) in [6, 6.07) is 5.43. The molecular weight excluding hydrogens is 577 g/mol. The Labute approximate surface area is 234 Å². The van der Waals surface area contributed by atoms with E-state index >= 15 is 4.39 Å². The molecule has 0 unspecified atom stereocenters. The maximum absolute atomic E-state index is 15.2. The fourth-order valence-corrected chi connectivity index (χ4v) is 4.87. The third-order valence-electron chi connectivity index (χ3n) is 6.31. The highest BCUT2D eigenvalue weighted by molar-refractivity contribution is 6.35. The second-order valence-electron chi connectivity index (χ2n) is 8.90. The van der Waals surface area contributed by atoms with Crippen LogP contribution >= 0.6 is 23.2 Å². The van der Waals surface area contributed by atoms with Crippen molar-refractivity contribution in [2.24, 2.45) is 0 Å². The highest BCUT2D eigenvalue weighted by Gasteiger charge is 2.31. The van der Waals surface area contributed by atoms with E-state index in [9.17, 15) is 18.0 Å². The molecule has 1 saturated heterocycles. The first-order valence-corrected chi connectivity index (χ1v) is 12.6. The average molecular weight is 598 g/mol. The summed E-state index contributed by atoms with van der Waals surface area (Å²) in [6.45, 7) is 3.00. The summed E-state index contributed by atoms with van der Waals surface area (Å²) in [4.78, 5) is 18.7. The summed E-state index contributed by atoms with van der Waals surface area (Å²) in [6.07, 6.45) is -3.34. The number of hydrogen-bond donors (Lipinski definition) is 3. The number of aromatic nitrogens is 3. The third kappa shape index (κ3) is 5.63. The maximum atomic E-state index is 15.2. The van der Waals surface area contributed by atoms with Gasteiger partial charge in [-0.2, -0.15) is 18.3 Å². The molecule has 2 aromatic carbocycles. The van der Waals surface area contributed by atoms with Crippen LogP contribution < -0.4 is 16.4 Å². The van der Waals surface area contributed by atoms with Crippen molar-refractivity contribution in [3.8, 4) is 11.1 Å². The molecule has 9 nitrogen and oxygen atoms in total. The van der Waals surface area contributed by atoms with Gasteiger partial charge in [-0.25, -0.2) is 18.7 Å². The molecule has 15 heteroatoms. The summed E-state index contributed by atoms with van der Waals surface area (Å²) >= 11 is 12.7. The fraction of sp³-hybridized carbons (Fsp3) is 0.240. The molecule has 0 aliphatic carbocycles. The van der Waals surface area contributed by atoms with Crippen molar-refractivity contribution >= 4 is 51.9 Å². The maximum Gasteiger partial charge on any atom is 0.416 e. The van der Waals surface area contributed by atoms with Gasteiger partial charge >= 0.3 is 12.2 Å². The second-order valence-corrected chi connectivity index (χ2v) is 9.68. The Morgan fingerprint density at radius 1 is 1.07 bits per heavy atom. The normalized spacial score (nSPS) is 14.4. The van der Waals surface area contributed by atoms with Crippen molar-refractivity contribution in [2.45, 2.75) is 12.7 Å². The first-order valence-electron chi connectivity index (χ1n) is 11.9. The summed E-state index contributed by atoms with van der Waals surface area (Å²) in [7, 11) is 0. The Bertz CT molecular complexity index is 1590. The van der Waals surface area contributed by atoms with Gasteiger partial charge in [0.05, 0.1) is 45.9 Å². The number of nitrogens with two attached hydrogens (primary N) is 1. The number of hydrogen-bond acceptors (Lipinski definition) is 6. The number of fused-ring (bicyclic) bond motifs is 1. The van der Waals surface area contributed by atoms with Crippen molar-refractivity contribution in [3.63, 3.8) is 0 Å². The van der Waals surface area contributed by atoms with Gasteiger partial charge in [0.15, 0.2) is 5.82 Å². The van der Waals surface area contributed by atoms with Crippen LogP contribution in [0.2, 0.25) is 10.0 Å². The molecule has 5 rings (SSSR count). The van der Waals surface area contributed by atoms with Crippen LogP contribution in [0, 0.1) is 5.82 Å². The molecule has 0 atom stereocenters. The minimum Gasteiger partial charge on any atom is -0.382 e. The number of nitrogen functional groups attached to an aromatic ring is 1. The number of urea groups is 1. The second kappa shape index (κ2) is 11.1. The zero-order chi connectivity index (χ0) is 28.6. The number of amides is 2. The Kier molecular flexibility index (Phi) is 7.73. The highest BCUT2D eigenvalue weighted by Crippen LogP contribution is 2.40. The topological polar surface area (TPSA) is 110 Å². The van der Waals surface area contributed by atoms with Crippen LogP contribution in [0.25, 0.3) is 16.6 Å².